The van der Waals surface area contributed by atoms with E-state index >= 15 is 0 Å². The Labute approximate surface area is 123 Å². The highest BCUT2D eigenvalue weighted by Crippen LogP contribution is 2.16. The molecule has 6 nitrogen and oxygen atoms in total. The molecule has 1 aliphatic rings. The molecule has 1 aromatic carbocycles. The maximum Gasteiger partial charge on any atom is 0.326 e. The number of hydrogen-bond donors (Lipinski definition) is 3. The van der Waals surface area contributed by atoms with Crippen LogP contribution in [-0.4, -0.2) is 52.7 Å². The van der Waals surface area contributed by atoms with E-state index in [4.69, 9.17) is 0 Å². The van der Waals surface area contributed by atoms with Gasteiger partial charge in [-0.15, -0.1) is 0 Å². The molecule has 2 atom stereocenters. The minimum Gasteiger partial charge on any atom is -0.508 e. The van der Waals surface area contributed by atoms with Crippen LogP contribution >= 0.6 is 0 Å². The summed E-state index contributed by atoms with van der Waals surface area (Å²) in [5, 5.41) is 21.1. The van der Waals surface area contributed by atoms with Gasteiger partial charge in [-0.25, -0.2) is 4.79 Å². The Morgan fingerprint density at radius 3 is 2.57 bits per heavy atom. The standard InChI is InChI=1S/C15H20N2O4/c1-17-8-2-3-13(17)14(19)16-12(15(20)21)9-10-4-6-11(18)7-5-10/h4-7,12-13,18H,2-3,8-9H2,1H3,(H,16,19)(H,20,21)/t12-,13-/m0/s1. The lowest BCUT2D eigenvalue weighted by Gasteiger charge is -2.22. The van der Waals surface area contributed by atoms with Crippen LogP contribution in [0.5, 0.6) is 5.75 Å². The zero-order valence-electron chi connectivity index (χ0n) is 12.0. The van der Waals surface area contributed by atoms with Crippen LogP contribution < -0.4 is 5.32 Å². The van der Waals surface area contributed by atoms with Gasteiger partial charge < -0.3 is 15.5 Å². The number of carbonyl (C=O) groups excluding carboxylic acids is 1. The summed E-state index contributed by atoms with van der Waals surface area (Å²) in [6.45, 7) is 0.855. The first-order valence-corrected chi connectivity index (χ1v) is 6.98. The minimum atomic E-state index is -1.06. The van der Waals surface area contributed by atoms with Gasteiger partial charge in [0.25, 0.3) is 0 Å². The molecule has 0 aliphatic carbocycles. The number of nitrogens with one attached hydrogen (secondary N) is 1. The van der Waals surface area contributed by atoms with Gasteiger partial charge in [0.2, 0.25) is 5.91 Å². The molecule has 6 heteroatoms. The molecule has 0 bridgehead atoms. The van der Waals surface area contributed by atoms with E-state index in [2.05, 4.69) is 5.32 Å². The Bertz CT molecular complexity index is 515. The maximum absolute atomic E-state index is 12.2. The Morgan fingerprint density at radius 2 is 2.05 bits per heavy atom. The van der Waals surface area contributed by atoms with Crippen molar-refractivity contribution < 1.29 is 19.8 Å². The molecule has 114 valence electrons. The van der Waals surface area contributed by atoms with Crippen molar-refractivity contribution >= 4 is 11.9 Å². The molecule has 2 rings (SSSR count). The van der Waals surface area contributed by atoms with E-state index in [1.807, 2.05) is 11.9 Å². The first kappa shape index (κ1) is 15.3. The molecule has 0 spiro atoms. The van der Waals surface area contributed by atoms with Gasteiger partial charge >= 0.3 is 5.97 Å². The van der Waals surface area contributed by atoms with E-state index in [-0.39, 0.29) is 24.1 Å². The van der Waals surface area contributed by atoms with Gasteiger partial charge in [-0.1, -0.05) is 12.1 Å². The molecule has 0 saturated carbocycles. The first-order chi connectivity index (χ1) is 9.97. The van der Waals surface area contributed by atoms with E-state index in [0.717, 1.165) is 24.9 Å². The van der Waals surface area contributed by atoms with E-state index in [1.165, 1.54) is 12.1 Å². The summed E-state index contributed by atoms with van der Waals surface area (Å²) in [4.78, 5) is 25.4. The number of aromatic hydroxyl groups is 1. The molecule has 3 N–H and O–H groups in total. The topological polar surface area (TPSA) is 89.9 Å². The van der Waals surface area contributed by atoms with Gasteiger partial charge in [0.05, 0.1) is 6.04 Å². The SMILES string of the molecule is CN1CCC[C@H]1C(=O)N[C@@H](Cc1ccc(O)cc1)C(=O)O. The molecule has 0 aromatic heterocycles. The molecular weight excluding hydrogens is 272 g/mol. The molecule has 1 aromatic rings. The molecule has 0 radical (unpaired) electrons. The highest BCUT2D eigenvalue weighted by atomic mass is 16.4. The molecule has 21 heavy (non-hydrogen) atoms. The number of aliphatic carboxylic acids is 1. The van der Waals surface area contributed by atoms with Crippen molar-refractivity contribution in [3.63, 3.8) is 0 Å². The van der Waals surface area contributed by atoms with Gasteiger partial charge in [-0.05, 0) is 44.1 Å². The summed E-state index contributed by atoms with van der Waals surface area (Å²) >= 11 is 0. The smallest absolute Gasteiger partial charge is 0.326 e. The molecule has 1 amide bonds. The lowest BCUT2D eigenvalue weighted by Crippen LogP contribution is -2.49. The number of hydrogen-bond acceptors (Lipinski definition) is 4. The fourth-order valence-corrected chi connectivity index (χ4v) is 2.58. The average Bonchev–Trinajstić information content (AvgIpc) is 2.86. The lowest BCUT2D eigenvalue weighted by molar-refractivity contribution is -0.142. The largest absolute Gasteiger partial charge is 0.508 e. The number of nitrogens with zero attached hydrogens (tertiary/aromatic N) is 1. The molecule has 1 fully saturated rings. The second kappa shape index (κ2) is 6.58. The van der Waals surface area contributed by atoms with Crippen molar-refractivity contribution in [3.05, 3.63) is 29.8 Å². The fourth-order valence-electron chi connectivity index (χ4n) is 2.58. The van der Waals surface area contributed by atoms with Gasteiger partial charge in [0.1, 0.15) is 11.8 Å². The van der Waals surface area contributed by atoms with Crippen LogP contribution in [-0.2, 0) is 16.0 Å². The number of amides is 1. The number of benzene rings is 1. The second-order valence-electron chi connectivity index (χ2n) is 5.41. The van der Waals surface area contributed by atoms with Crippen LogP contribution in [0.4, 0.5) is 0 Å². The van der Waals surface area contributed by atoms with Crippen molar-refractivity contribution in [2.45, 2.75) is 31.3 Å². The van der Waals surface area contributed by atoms with Crippen LogP contribution in [0.1, 0.15) is 18.4 Å². The fraction of sp³-hybridized carbons (Fsp3) is 0.467. The Balaban J connectivity index is 2.00. The van der Waals surface area contributed by atoms with Crippen LogP contribution in [0.25, 0.3) is 0 Å². The number of phenolic OH excluding ortho intramolecular Hbond substituents is 1. The van der Waals surface area contributed by atoms with E-state index in [1.54, 1.807) is 12.1 Å². The maximum atomic E-state index is 12.2. The summed E-state index contributed by atoms with van der Waals surface area (Å²) in [6.07, 6.45) is 1.90. The Morgan fingerprint density at radius 1 is 1.38 bits per heavy atom. The Hall–Kier alpha value is -2.08. The molecule has 1 saturated heterocycles. The summed E-state index contributed by atoms with van der Waals surface area (Å²) in [6, 6.07) is 5.10. The third kappa shape index (κ3) is 3.95. The highest BCUT2D eigenvalue weighted by Gasteiger charge is 2.30. The van der Waals surface area contributed by atoms with Crippen molar-refractivity contribution in [1.82, 2.24) is 10.2 Å². The quantitative estimate of drug-likeness (QED) is 0.739. The van der Waals surface area contributed by atoms with Crippen molar-refractivity contribution in [3.8, 4) is 5.75 Å². The monoisotopic (exact) mass is 292 g/mol. The van der Waals surface area contributed by atoms with Crippen molar-refractivity contribution in [2.75, 3.05) is 13.6 Å². The zero-order valence-corrected chi connectivity index (χ0v) is 12.0. The first-order valence-electron chi connectivity index (χ1n) is 6.98. The number of carboxylic acids is 1. The number of likely N-dealkylation sites (tertiary alicyclic amines) is 1. The Kier molecular flexibility index (Phi) is 4.80. The third-order valence-corrected chi connectivity index (χ3v) is 3.81. The summed E-state index contributed by atoms with van der Waals surface area (Å²) in [7, 11) is 1.87. The average molecular weight is 292 g/mol. The van der Waals surface area contributed by atoms with Gasteiger partial charge in [0, 0.05) is 6.42 Å². The molecule has 1 heterocycles. The van der Waals surface area contributed by atoms with E-state index < -0.39 is 12.0 Å². The van der Waals surface area contributed by atoms with Gasteiger partial charge in [-0.3, -0.25) is 9.69 Å². The van der Waals surface area contributed by atoms with Crippen molar-refractivity contribution in [2.24, 2.45) is 0 Å². The van der Waals surface area contributed by atoms with Gasteiger partial charge in [-0.2, -0.15) is 0 Å². The molecular formula is C15H20N2O4. The number of phenols is 1. The van der Waals surface area contributed by atoms with Crippen LogP contribution in [0, 0.1) is 0 Å². The predicted molar refractivity (Wildman–Crippen MR) is 77.0 cm³/mol. The number of rotatable bonds is 5. The second-order valence-corrected chi connectivity index (χ2v) is 5.41. The summed E-state index contributed by atoms with van der Waals surface area (Å²) < 4.78 is 0. The van der Waals surface area contributed by atoms with Crippen molar-refractivity contribution in [1.29, 1.82) is 0 Å². The molecule has 0 unspecified atom stereocenters. The van der Waals surface area contributed by atoms with Gasteiger partial charge in [0.15, 0.2) is 0 Å². The number of likely N-dealkylation sites (N-methyl/N-ethyl adjacent to an activating group) is 1. The summed E-state index contributed by atoms with van der Waals surface area (Å²) in [5.74, 6) is -1.17. The zero-order chi connectivity index (χ0) is 15.4. The number of carbonyl (C=O) groups is 2. The molecule has 1 aliphatic heterocycles. The number of carboxylic acid groups (broad SMARTS) is 1. The van der Waals surface area contributed by atoms with Crippen LogP contribution in [0.15, 0.2) is 24.3 Å². The minimum absolute atomic E-state index is 0.127. The normalized spacial score (nSPS) is 20.1. The lowest BCUT2D eigenvalue weighted by atomic mass is 10.1. The summed E-state index contributed by atoms with van der Waals surface area (Å²) in [5.41, 5.74) is 0.750. The third-order valence-electron chi connectivity index (χ3n) is 3.81. The van der Waals surface area contributed by atoms with E-state index in [9.17, 15) is 19.8 Å². The van der Waals surface area contributed by atoms with E-state index in [0.29, 0.717) is 0 Å². The van der Waals surface area contributed by atoms with Crippen LogP contribution in [0.2, 0.25) is 0 Å². The highest BCUT2D eigenvalue weighted by molar-refractivity contribution is 5.87. The van der Waals surface area contributed by atoms with Crippen LogP contribution in [0.3, 0.4) is 0 Å². The predicted octanol–water partition coefficient (Wildman–Crippen LogP) is 0.598.